The van der Waals surface area contributed by atoms with E-state index in [1.54, 1.807) is 28.7 Å². The lowest BCUT2D eigenvalue weighted by atomic mass is 10.2. The van der Waals surface area contributed by atoms with Crippen molar-refractivity contribution in [2.45, 2.75) is 6.18 Å². The van der Waals surface area contributed by atoms with Crippen LogP contribution in [0.4, 0.5) is 19.0 Å². The van der Waals surface area contributed by atoms with Gasteiger partial charge in [0.25, 0.3) is 5.78 Å². The van der Waals surface area contributed by atoms with Crippen molar-refractivity contribution in [2.24, 2.45) is 0 Å². The molecule has 8 heteroatoms. The number of aromatic nitrogens is 4. The van der Waals surface area contributed by atoms with Crippen molar-refractivity contribution in [3.8, 4) is 0 Å². The van der Waals surface area contributed by atoms with Crippen LogP contribution in [0.5, 0.6) is 0 Å². The zero-order valence-electron chi connectivity index (χ0n) is 9.52. The zero-order valence-corrected chi connectivity index (χ0v) is 9.52. The highest BCUT2D eigenvalue weighted by atomic mass is 19.4. The number of fused-ring (bicyclic) bond motifs is 3. The standard InChI is InChI=1S/C11H8F3N5/c12-11(13,14)5-15-9-7-3-1-2-4-8(7)19-6-16-18-10(19)17-9/h1-4,6H,5H2,(H,15,17,18). The largest absolute Gasteiger partial charge is 0.405 e. The van der Waals surface area contributed by atoms with E-state index < -0.39 is 12.7 Å². The molecule has 0 spiro atoms. The summed E-state index contributed by atoms with van der Waals surface area (Å²) < 4.78 is 38.4. The summed E-state index contributed by atoms with van der Waals surface area (Å²) in [5, 5.41) is 10.3. The molecule has 19 heavy (non-hydrogen) atoms. The summed E-state index contributed by atoms with van der Waals surface area (Å²) in [7, 11) is 0. The predicted octanol–water partition coefficient (Wildman–Crippen LogP) is 2.25. The van der Waals surface area contributed by atoms with Crippen molar-refractivity contribution in [3.05, 3.63) is 30.6 Å². The van der Waals surface area contributed by atoms with Gasteiger partial charge in [-0.15, -0.1) is 10.2 Å². The molecule has 0 bridgehead atoms. The maximum atomic E-state index is 12.3. The van der Waals surface area contributed by atoms with E-state index in [-0.39, 0.29) is 11.6 Å². The van der Waals surface area contributed by atoms with E-state index in [1.165, 1.54) is 6.33 Å². The van der Waals surface area contributed by atoms with Crippen molar-refractivity contribution in [3.63, 3.8) is 0 Å². The molecule has 3 aromatic rings. The molecular formula is C11H8F3N5. The first-order valence-corrected chi connectivity index (χ1v) is 5.44. The third-order valence-corrected chi connectivity index (χ3v) is 2.62. The number of hydrogen-bond donors (Lipinski definition) is 1. The summed E-state index contributed by atoms with van der Waals surface area (Å²) in [4.78, 5) is 4.04. The molecule has 2 aromatic heterocycles. The normalized spacial score (nSPS) is 12.2. The average Bonchev–Trinajstić information content (AvgIpc) is 2.83. The second kappa shape index (κ2) is 4.08. The molecule has 0 atom stereocenters. The highest BCUT2D eigenvalue weighted by molar-refractivity contribution is 5.90. The van der Waals surface area contributed by atoms with E-state index in [1.807, 2.05) is 0 Å². The minimum absolute atomic E-state index is 0.147. The number of nitrogens with one attached hydrogen (secondary N) is 1. The first-order valence-electron chi connectivity index (χ1n) is 5.44. The van der Waals surface area contributed by atoms with Gasteiger partial charge in [0.1, 0.15) is 18.7 Å². The van der Waals surface area contributed by atoms with Gasteiger partial charge in [0.05, 0.1) is 5.52 Å². The van der Waals surface area contributed by atoms with Gasteiger partial charge in [-0.3, -0.25) is 4.40 Å². The fourth-order valence-electron chi connectivity index (χ4n) is 1.84. The maximum Gasteiger partial charge on any atom is 0.405 e. The van der Waals surface area contributed by atoms with Crippen LogP contribution in [-0.2, 0) is 0 Å². The molecule has 2 heterocycles. The van der Waals surface area contributed by atoms with E-state index in [4.69, 9.17) is 0 Å². The lowest BCUT2D eigenvalue weighted by molar-refractivity contribution is -0.115. The van der Waals surface area contributed by atoms with Crippen molar-refractivity contribution in [2.75, 3.05) is 11.9 Å². The Morgan fingerprint density at radius 1 is 1.21 bits per heavy atom. The molecule has 0 aliphatic carbocycles. The highest BCUT2D eigenvalue weighted by Gasteiger charge is 2.27. The van der Waals surface area contributed by atoms with Gasteiger partial charge in [-0.1, -0.05) is 12.1 Å². The fourth-order valence-corrected chi connectivity index (χ4v) is 1.84. The Kier molecular flexibility index (Phi) is 2.51. The minimum atomic E-state index is -4.30. The lowest BCUT2D eigenvalue weighted by Crippen LogP contribution is -2.22. The molecule has 5 nitrogen and oxygen atoms in total. The second-order valence-corrected chi connectivity index (χ2v) is 3.95. The van der Waals surface area contributed by atoms with Crippen molar-refractivity contribution >= 4 is 22.5 Å². The average molecular weight is 267 g/mol. The number of nitrogens with zero attached hydrogens (tertiary/aromatic N) is 4. The molecule has 0 aliphatic rings. The Balaban J connectivity index is 2.15. The number of anilines is 1. The Morgan fingerprint density at radius 3 is 2.79 bits per heavy atom. The molecule has 1 N–H and O–H groups in total. The van der Waals surface area contributed by atoms with Crippen LogP contribution in [0.2, 0.25) is 0 Å². The molecule has 98 valence electrons. The topological polar surface area (TPSA) is 55.1 Å². The van der Waals surface area contributed by atoms with E-state index in [2.05, 4.69) is 20.5 Å². The van der Waals surface area contributed by atoms with E-state index in [9.17, 15) is 13.2 Å². The van der Waals surface area contributed by atoms with Crippen LogP contribution < -0.4 is 5.32 Å². The number of benzene rings is 1. The van der Waals surface area contributed by atoms with Crippen LogP contribution in [0.1, 0.15) is 0 Å². The highest BCUT2D eigenvalue weighted by Crippen LogP contribution is 2.23. The van der Waals surface area contributed by atoms with E-state index in [0.717, 1.165) is 0 Å². The lowest BCUT2D eigenvalue weighted by Gasteiger charge is -2.11. The first-order chi connectivity index (χ1) is 9.04. The van der Waals surface area contributed by atoms with Crippen molar-refractivity contribution in [1.29, 1.82) is 0 Å². The molecule has 0 saturated carbocycles. The van der Waals surface area contributed by atoms with Crippen LogP contribution >= 0.6 is 0 Å². The summed E-state index contributed by atoms with van der Waals surface area (Å²) in [6.07, 6.45) is -2.83. The monoisotopic (exact) mass is 267 g/mol. The minimum Gasteiger partial charge on any atom is -0.360 e. The summed E-state index contributed by atoms with van der Waals surface area (Å²) >= 11 is 0. The molecule has 3 rings (SSSR count). The van der Waals surface area contributed by atoms with E-state index in [0.29, 0.717) is 10.9 Å². The van der Waals surface area contributed by atoms with Gasteiger partial charge in [-0.2, -0.15) is 18.2 Å². The van der Waals surface area contributed by atoms with E-state index >= 15 is 0 Å². The van der Waals surface area contributed by atoms with Gasteiger partial charge < -0.3 is 5.32 Å². The summed E-state index contributed by atoms with van der Waals surface area (Å²) in [6, 6.07) is 6.99. The Bertz CT molecular complexity index is 734. The van der Waals surface area contributed by atoms with Crippen LogP contribution in [0, 0.1) is 0 Å². The first kappa shape index (κ1) is 11.7. The molecular weight excluding hydrogens is 259 g/mol. The maximum absolute atomic E-state index is 12.3. The molecule has 0 fully saturated rings. The third kappa shape index (κ3) is 2.16. The Labute approximate surface area is 105 Å². The van der Waals surface area contributed by atoms with Crippen molar-refractivity contribution in [1.82, 2.24) is 19.6 Å². The SMILES string of the molecule is FC(F)(F)CNc1nc2nncn2c2ccccc12. The zero-order chi connectivity index (χ0) is 13.5. The second-order valence-electron chi connectivity index (χ2n) is 3.95. The Morgan fingerprint density at radius 2 is 2.00 bits per heavy atom. The quantitative estimate of drug-likeness (QED) is 0.773. The van der Waals surface area contributed by atoms with Crippen LogP contribution in [0.15, 0.2) is 30.6 Å². The molecule has 0 amide bonds. The number of alkyl halides is 3. The van der Waals surface area contributed by atoms with Gasteiger partial charge in [0, 0.05) is 5.39 Å². The molecule has 1 aromatic carbocycles. The van der Waals surface area contributed by atoms with Gasteiger partial charge in [-0.05, 0) is 12.1 Å². The van der Waals surface area contributed by atoms with Crippen LogP contribution in [0.25, 0.3) is 16.7 Å². The molecule has 0 aliphatic heterocycles. The molecule has 0 radical (unpaired) electrons. The summed E-state index contributed by atoms with van der Waals surface area (Å²) in [5.41, 5.74) is 0.696. The molecule has 0 unspecified atom stereocenters. The number of halogens is 3. The number of hydrogen-bond acceptors (Lipinski definition) is 4. The number of rotatable bonds is 2. The van der Waals surface area contributed by atoms with Gasteiger partial charge in [0.15, 0.2) is 0 Å². The fraction of sp³-hybridized carbons (Fsp3) is 0.182. The van der Waals surface area contributed by atoms with Gasteiger partial charge >= 0.3 is 6.18 Å². The summed E-state index contributed by atoms with van der Waals surface area (Å²) in [5.74, 6) is 0.400. The van der Waals surface area contributed by atoms with Gasteiger partial charge in [-0.25, -0.2) is 0 Å². The van der Waals surface area contributed by atoms with Gasteiger partial charge in [0.2, 0.25) is 0 Å². The van der Waals surface area contributed by atoms with Crippen LogP contribution in [-0.4, -0.2) is 32.3 Å². The van der Waals surface area contributed by atoms with Crippen molar-refractivity contribution < 1.29 is 13.2 Å². The van der Waals surface area contributed by atoms with Crippen LogP contribution in [0.3, 0.4) is 0 Å². The Hall–Kier alpha value is -2.38. The third-order valence-electron chi connectivity index (χ3n) is 2.62. The smallest absolute Gasteiger partial charge is 0.360 e. The predicted molar refractivity (Wildman–Crippen MR) is 62.8 cm³/mol. The summed E-state index contributed by atoms with van der Waals surface area (Å²) in [6.45, 7) is -1.14. The number of para-hydroxylation sites is 1. The molecule has 0 saturated heterocycles.